The number of hydrogen-bond acceptors (Lipinski definition) is 4. The van der Waals surface area contributed by atoms with E-state index in [1.165, 1.54) is 0 Å². The van der Waals surface area contributed by atoms with E-state index >= 15 is 0 Å². The highest BCUT2D eigenvalue weighted by atomic mass is 16.6. The maximum Gasteiger partial charge on any atom is 0.314 e. The van der Waals surface area contributed by atoms with Gasteiger partial charge in [-0.05, 0) is 24.5 Å². The number of para-hydroxylation sites is 1. The van der Waals surface area contributed by atoms with Gasteiger partial charge in [-0.3, -0.25) is 10.1 Å². The Labute approximate surface area is 93.8 Å². The first-order chi connectivity index (χ1) is 7.63. The van der Waals surface area contributed by atoms with Gasteiger partial charge < -0.3 is 11.1 Å². The van der Waals surface area contributed by atoms with Crippen LogP contribution in [0.5, 0.6) is 0 Å². The summed E-state index contributed by atoms with van der Waals surface area (Å²) in [7, 11) is 0. The highest BCUT2D eigenvalue weighted by molar-refractivity contribution is 5.74. The van der Waals surface area contributed by atoms with E-state index in [2.05, 4.69) is 12.2 Å². The average molecular weight is 221 g/mol. The normalized spacial score (nSPS) is 22.8. The fraction of sp³-hybridized carbons (Fsp3) is 0.455. The Morgan fingerprint density at radius 3 is 2.94 bits per heavy atom. The summed E-state index contributed by atoms with van der Waals surface area (Å²) in [5.74, 6) is 0.640. The van der Waals surface area contributed by atoms with Gasteiger partial charge in [0, 0.05) is 6.04 Å². The van der Waals surface area contributed by atoms with Crippen LogP contribution in [0, 0.1) is 16.0 Å². The summed E-state index contributed by atoms with van der Waals surface area (Å²) < 4.78 is 0. The third-order valence-electron chi connectivity index (χ3n) is 3.04. The van der Waals surface area contributed by atoms with Gasteiger partial charge in [-0.1, -0.05) is 19.4 Å². The molecule has 2 unspecified atom stereocenters. The van der Waals surface area contributed by atoms with Crippen molar-refractivity contribution in [3.63, 3.8) is 0 Å². The van der Waals surface area contributed by atoms with E-state index in [0.29, 0.717) is 17.6 Å². The summed E-state index contributed by atoms with van der Waals surface area (Å²) in [6.07, 6.45) is 2.19. The Hall–Kier alpha value is -1.78. The van der Waals surface area contributed by atoms with Crippen molar-refractivity contribution in [2.24, 2.45) is 5.92 Å². The number of rotatable bonds is 4. The zero-order valence-electron chi connectivity index (χ0n) is 9.14. The molecule has 1 aliphatic rings. The van der Waals surface area contributed by atoms with Crippen molar-refractivity contribution in [1.29, 1.82) is 0 Å². The van der Waals surface area contributed by atoms with E-state index in [1.54, 1.807) is 18.2 Å². The summed E-state index contributed by atoms with van der Waals surface area (Å²) in [4.78, 5) is 10.5. The van der Waals surface area contributed by atoms with Crippen LogP contribution in [0.15, 0.2) is 18.2 Å². The first-order valence-electron chi connectivity index (χ1n) is 5.43. The lowest BCUT2D eigenvalue weighted by atomic mass is 10.2. The Morgan fingerprint density at radius 2 is 2.38 bits per heavy atom. The van der Waals surface area contributed by atoms with Crippen LogP contribution in [0.1, 0.15) is 19.8 Å². The summed E-state index contributed by atoms with van der Waals surface area (Å²) in [5.41, 5.74) is 6.34. The van der Waals surface area contributed by atoms with Crippen molar-refractivity contribution in [2.45, 2.75) is 25.8 Å². The third kappa shape index (κ3) is 1.93. The minimum Gasteiger partial charge on any atom is -0.393 e. The maximum absolute atomic E-state index is 10.9. The number of nitrogens with two attached hydrogens (primary N) is 1. The maximum atomic E-state index is 10.9. The van der Waals surface area contributed by atoms with E-state index in [-0.39, 0.29) is 11.4 Å². The SMILES string of the molecule is CCC1CC1Nc1cccc(N)c1[N+](=O)[O-]. The van der Waals surface area contributed by atoms with Crippen LogP contribution in [-0.4, -0.2) is 11.0 Å². The number of hydrogen-bond donors (Lipinski definition) is 2. The van der Waals surface area contributed by atoms with Crippen molar-refractivity contribution in [3.05, 3.63) is 28.3 Å². The molecule has 1 aliphatic carbocycles. The molecule has 3 N–H and O–H groups in total. The summed E-state index contributed by atoms with van der Waals surface area (Å²) in [6, 6.07) is 5.35. The second kappa shape index (κ2) is 4.00. The molecular formula is C11H15N3O2. The first kappa shape index (κ1) is 10.7. The molecule has 2 rings (SSSR count). The van der Waals surface area contributed by atoms with E-state index in [4.69, 9.17) is 5.73 Å². The number of benzene rings is 1. The highest BCUT2D eigenvalue weighted by Crippen LogP contribution is 2.39. The lowest BCUT2D eigenvalue weighted by molar-refractivity contribution is -0.383. The summed E-state index contributed by atoms with van der Waals surface area (Å²) in [5, 5.41) is 14.1. The second-order valence-electron chi connectivity index (χ2n) is 4.16. The van der Waals surface area contributed by atoms with E-state index in [9.17, 15) is 10.1 Å². The van der Waals surface area contributed by atoms with Gasteiger partial charge in [0.1, 0.15) is 11.4 Å². The molecular weight excluding hydrogens is 206 g/mol. The zero-order chi connectivity index (χ0) is 11.7. The largest absolute Gasteiger partial charge is 0.393 e. The molecule has 1 aromatic rings. The number of nitrogen functional groups attached to an aromatic ring is 1. The van der Waals surface area contributed by atoms with Crippen molar-refractivity contribution in [2.75, 3.05) is 11.1 Å². The van der Waals surface area contributed by atoms with Gasteiger partial charge in [-0.2, -0.15) is 0 Å². The van der Waals surface area contributed by atoms with Gasteiger partial charge >= 0.3 is 5.69 Å². The van der Waals surface area contributed by atoms with Gasteiger partial charge in [0.25, 0.3) is 0 Å². The molecule has 0 amide bonds. The molecule has 5 nitrogen and oxygen atoms in total. The van der Waals surface area contributed by atoms with E-state index in [1.807, 2.05) is 0 Å². The fourth-order valence-corrected chi connectivity index (χ4v) is 1.96. The standard InChI is InChI=1S/C11H15N3O2/c1-2-7-6-10(7)13-9-5-3-4-8(12)11(9)14(15)16/h3-5,7,10,13H,2,6,12H2,1H3. The monoisotopic (exact) mass is 221 g/mol. The number of nitrogens with one attached hydrogen (secondary N) is 1. The number of anilines is 2. The van der Waals surface area contributed by atoms with Gasteiger partial charge in [-0.15, -0.1) is 0 Å². The van der Waals surface area contributed by atoms with Crippen LogP contribution in [-0.2, 0) is 0 Å². The molecule has 1 fully saturated rings. The second-order valence-corrected chi connectivity index (χ2v) is 4.16. The lowest BCUT2D eigenvalue weighted by Crippen LogP contribution is -2.08. The zero-order valence-corrected chi connectivity index (χ0v) is 9.14. The Balaban J connectivity index is 2.20. The van der Waals surface area contributed by atoms with Gasteiger partial charge in [0.05, 0.1) is 4.92 Å². The minimum absolute atomic E-state index is 0.00995. The van der Waals surface area contributed by atoms with Crippen LogP contribution in [0.3, 0.4) is 0 Å². The van der Waals surface area contributed by atoms with Gasteiger partial charge in [-0.25, -0.2) is 0 Å². The Morgan fingerprint density at radius 1 is 1.62 bits per heavy atom. The molecule has 0 saturated heterocycles. The smallest absolute Gasteiger partial charge is 0.314 e. The Kier molecular flexibility index (Phi) is 2.68. The summed E-state index contributed by atoms with van der Waals surface area (Å²) >= 11 is 0. The third-order valence-corrected chi connectivity index (χ3v) is 3.04. The molecule has 1 aromatic carbocycles. The predicted molar refractivity (Wildman–Crippen MR) is 63.3 cm³/mol. The molecule has 0 spiro atoms. The number of nitro groups is 1. The molecule has 0 radical (unpaired) electrons. The van der Waals surface area contributed by atoms with Crippen LogP contribution in [0.2, 0.25) is 0 Å². The van der Waals surface area contributed by atoms with Crippen molar-refractivity contribution < 1.29 is 4.92 Å². The topological polar surface area (TPSA) is 81.2 Å². The number of nitrogens with zero attached hydrogens (tertiary/aromatic N) is 1. The fourth-order valence-electron chi connectivity index (χ4n) is 1.96. The molecule has 0 aromatic heterocycles. The molecule has 86 valence electrons. The van der Waals surface area contributed by atoms with Gasteiger partial charge in [0.2, 0.25) is 0 Å². The first-order valence-corrected chi connectivity index (χ1v) is 5.43. The van der Waals surface area contributed by atoms with Crippen LogP contribution in [0.25, 0.3) is 0 Å². The Bertz CT molecular complexity index is 420. The highest BCUT2D eigenvalue weighted by Gasteiger charge is 2.36. The van der Waals surface area contributed by atoms with Crippen molar-refractivity contribution >= 4 is 17.1 Å². The van der Waals surface area contributed by atoms with E-state index < -0.39 is 4.92 Å². The molecule has 0 aliphatic heterocycles. The predicted octanol–water partition coefficient (Wildman–Crippen LogP) is 2.39. The quantitative estimate of drug-likeness (QED) is 0.464. The molecule has 0 heterocycles. The molecule has 5 heteroatoms. The molecule has 1 saturated carbocycles. The molecule has 16 heavy (non-hydrogen) atoms. The van der Waals surface area contributed by atoms with Crippen LogP contribution in [0.4, 0.5) is 17.1 Å². The average Bonchev–Trinajstić information content (AvgIpc) is 2.96. The summed E-state index contributed by atoms with van der Waals surface area (Å²) in [6.45, 7) is 2.13. The molecule has 0 bridgehead atoms. The lowest BCUT2D eigenvalue weighted by Gasteiger charge is -2.07. The van der Waals surface area contributed by atoms with Gasteiger partial charge in [0.15, 0.2) is 0 Å². The van der Waals surface area contributed by atoms with Crippen molar-refractivity contribution in [3.8, 4) is 0 Å². The number of nitro benzene ring substituents is 1. The van der Waals surface area contributed by atoms with E-state index in [0.717, 1.165) is 12.8 Å². The molecule has 2 atom stereocenters. The minimum atomic E-state index is -0.430. The van der Waals surface area contributed by atoms with Crippen LogP contribution >= 0.6 is 0 Å². The van der Waals surface area contributed by atoms with Crippen molar-refractivity contribution in [1.82, 2.24) is 0 Å². The van der Waals surface area contributed by atoms with Crippen LogP contribution < -0.4 is 11.1 Å².